The Labute approximate surface area is 303 Å². The summed E-state index contributed by atoms with van der Waals surface area (Å²) in [7, 11) is 0. The number of aromatic hydroxyl groups is 1. The number of nitrogens with zero attached hydrogens (tertiary/aromatic N) is 3. The fourth-order valence-corrected chi connectivity index (χ4v) is 8.64. The van der Waals surface area contributed by atoms with E-state index in [0.717, 1.165) is 29.0 Å². The molecular weight excluding hydrogens is 670 g/mol. The van der Waals surface area contributed by atoms with Crippen LogP contribution in [-0.4, -0.2) is 123 Å². The van der Waals surface area contributed by atoms with Gasteiger partial charge in [0.05, 0.1) is 12.6 Å². The summed E-state index contributed by atoms with van der Waals surface area (Å²) in [5, 5.41) is 33.6. The van der Waals surface area contributed by atoms with Crippen molar-refractivity contribution in [2.45, 2.75) is 102 Å². The number of piperidine rings is 3. The number of carboxylic acids is 2. The minimum atomic E-state index is -1.34. The molecule has 0 aliphatic carbocycles. The van der Waals surface area contributed by atoms with Crippen molar-refractivity contribution in [2.75, 3.05) is 38.0 Å². The summed E-state index contributed by atoms with van der Waals surface area (Å²) in [4.78, 5) is 71.4. The topological polar surface area (TPSA) is 181 Å². The maximum Gasteiger partial charge on any atom is 0.410 e. The number of likely N-dealkylation sites (tertiary alicyclic amines) is 3. The van der Waals surface area contributed by atoms with Crippen LogP contribution in [-0.2, 0) is 32.0 Å². The number of carbonyl (C=O) groups is 5. The van der Waals surface area contributed by atoms with Crippen molar-refractivity contribution in [3.63, 3.8) is 0 Å². The molecule has 5 atom stereocenters. The van der Waals surface area contributed by atoms with Gasteiger partial charge in [-0.25, -0.2) is 19.2 Å². The molecule has 5 N–H and O–H groups in total. The molecule has 4 aliphatic heterocycles. The van der Waals surface area contributed by atoms with Crippen molar-refractivity contribution in [1.82, 2.24) is 14.7 Å². The maximum atomic E-state index is 14.3. The third-order valence-electron chi connectivity index (χ3n) is 11.4. The second-order valence-corrected chi connectivity index (χ2v) is 14.7. The second-order valence-electron chi connectivity index (χ2n) is 14.7. The Morgan fingerprint density at radius 1 is 0.942 bits per heavy atom. The number of aliphatic carboxylic acids is 2. The third-order valence-corrected chi connectivity index (χ3v) is 11.4. The number of quaternary nitrogens is 1. The van der Waals surface area contributed by atoms with Crippen LogP contribution in [0.15, 0.2) is 36.4 Å². The maximum absolute atomic E-state index is 14.3. The van der Waals surface area contributed by atoms with Crippen LogP contribution < -0.4 is 10.2 Å². The highest BCUT2D eigenvalue weighted by atomic mass is 16.6. The predicted octanol–water partition coefficient (Wildman–Crippen LogP) is 2.58. The first-order chi connectivity index (χ1) is 24.9. The summed E-state index contributed by atoms with van der Waals surface area (Å²) in [6, 6.07) is 8.85. The van der Waals surface area contributed by atoms with E-state index in [4.69, 9.17) is 4.74 Å². The van der Waals surface area contributed by atoms with Gasteiger partial charge in [0.1, 0.15) is 11.8 Å². The Morgan fingerprint density at radius 2 is 1.65 bits per heavy atom. The van der Waals surface area contributed by atoms with Gasteiger partial charge in [-0.2, -0.15) is 0 Å². The van der Waals surface area contributed by atoms with Gasteiger partial charge in [0.15, 0.2) is 12.1 Å². The number of para-hydroxylation sites is 1. The molecule has 2 aromatic carbocycles. The molecule has 4 amide bonds. The monoisotopic (exact) mass is 720 g/mol. The summed E-state index contributed by atoms with van der Waals surface area (Å²) >= 11 is 0. The summed E-state index contributed by atoms with van der Waals surface area (Å²) in [6.45, 7) is 5.37. The number of phenols is 1. The van der Waals surface area contributed by atoms with Gasteiger partial charge >= 0.3 is 24.1 Å². The summed E-state index contributed by atoms with van der Waals surface area (Å²) in [5.41, 5.74) is 3.71. The fraction of sp³-hybridized carbons (Fsp3) is 0.553. The van der Waals surface area contributed by atoms with Gasteiger partial charge in [0.25, 0.3) is 5.91 Å². The first-order valence-electron chi connectivity index (χ1n) is 18.4. The lowest BCUT2D eigenvalue weighted by Gasteiger charge is -2.43. The zero-order valence-electron chi connectivity index (χ0n) is 29.9. The molecule has 4 aliphatic rings. The number of aryl methyl sites for hydroxylation is 2. The quantitative estimate of drug-likeness (QED) is 0.274. The van der Waals surface area contributed by atoms with E-state index in [1.807, 2.05) is 29.2 Å². The molecule has 6 rings (SSSR count). The number of carboxylic acid groups (broad SMARTS) is 2. The minimum absolute atomic E-state index is 0.0256. The van der Waals surface area contributed by atoms with Gasteiger partial charge in [-0.3, -0.25) is 4.79 Å². The molecule has 0 spiro atoms. The van der Waals surface area contributed by atoms with Crippen LogP contribution in [0.5, 0.6) is 5.75 Å². The number of benzene rings is 2. The molecule has 0 radical (unpaired) electrons. The van der Waals surface area contributed by atoms with Crippen molar-refractivity contribution < 1.29 is 48.9 Å². The van der Waals surface area contributed by atoms with E-state index in [0.29, 0.717) is 75.0 Å². The molecule has 14 nitrogen and oxygen atoms in total. The van der Waals surface area contributed by atoms with E-state index in [-0.39, 0.29) is 43.3 Å². The Balaban J connectivity index is 1.15. The number of carbonyl (C=O) groups excluding carboxylic acids is 3. The number of urea groups is 1. The van der Waals surface area contributed by atoms with E-state index in [9.17, 15) is 39.3 Å². The standard InChI is InChI=1S/C38H49N5O9/c1-23-19-25(20-24(2)33(23)44)21-32(34(45)43-18-13-28(22-31(43)36(48)49)41-14-6-5-9-30(41)35(46)47)52-38(51)40-15-11-27(12-16-40)42-17-10-26-7-3-4-8-29(26)39-37(42)50/h3-4,7-8,19-20,27-28,30-32,44H,5-6,9-18,21-22H2,1-2H3,(H,39,50)(H,46,47)(H,48,49)/p+1/t28?,30?,31?,32-/m1/s1. The zero-order valence-corrected chi connectivity index (χ0v) is 29.9. The second kappa shape index (κ2) is 15.8. The molecule has 2 aromatic rings. The molecule has 0 saturated carbocycles. The molecule has 4 heterocycles. The number of fused-ring (bicyclic) bond motifs is 1. The van der Waals surface area contributed by atoms with E-state index in [1.54, 1.807) is 26.0 Å². The molecule has 52 heavy (non-hydrogen) atoms. The third kappa shape index (κ3) is 7.96. The van der Waals surface area contributed by atoms with Crippen LogP contribution in [0, 0.1) is 13.8 Å². The van der Waals surface area contributed by atoms with Crippen molar-refractivity contribution in [3.8, 4) is 5.75 Å². The van der Waals surface area contributed by atoms with Gasteiger partial charge in [-0.1, -0.05) is 30.3 Å². The molecular formula is C38H50N5O9+. The highest BCUT2D eigenvalue weighted by Gasteiger charge is 2.46. The van der Waals surface area contributed by atoms with Crippen molar-refractivity contribution >= 4 is 35.7 Å². The first-order valence-corrected chi connectivity index (χ1v) is 18.4. The summed E-state index contributed by atoms with van der Waals surface area (Å²) < 4.78 is 5.97. The van der Waals surface area contributed by atoms with E-state index >= 15 is 0 Å². The smallest absolute Gasteiger partial charge is 0.410 e. The van der Waals surface area contributed by atoms with Crippen LogP contribution in [0.25, 0.3) is 0 Å². The summed E-state index contributed by atoms with van der Waals surface area (Å²) in [5.74, 6) is -2.58. The van der Waals surface area contributed by atoms with Crippen molar-refractivity contribution in [3.05, 3.63) is 58.7 Å². The molecule has 0 aromatic heterocycles. The number of rotatable bonds is 8. The molecule has 0 bridgehead atoms. The Hall–Kier alpha value is -4.85. The first kappa shape index (κ1) is 36.9. The zero-order chi connectivity index (χ0) is 37.1. The van der Waals surface area contributed by atoms with E-state index in [2.05, 4.69) is 5.32 Å². The van der Waals surface area contributed by atoms with Crippen LogP contribution >= 0.6 is 0 Å². The Bertz CT molecular complexity index is 1670. The van der Waals surface area contributed by atoms with Crippen LogP contribution in [0.2, 0.25) is 0 Å². The highest BCUT2D eigenvalue weighted by molar-refractivity contribution is 5.91. The lowest BCUT2D eigenvalue weighted by molar-refractivity contribution is -0.947. The number of ether oxygens (including phenoxy) is 1. The highest BCUT2D eigenvalue weighted by Crippen LogP contribution is 2.28. The van der Waals surface area contributed by atoms with Crippen molar-refractivity contribution in [2.24, 2.45) is 0 Å². The number of hydrogen-bond acceptors (Lipinski definition) is 7. The average Bonchev–Trinajstić information content (AvgIpc) is 3.30. The SMILES string of the molecule is Cc1cc(C[C@@H](OC(=O)N2CCC(N3CCc4ccccc4NC3=O)CC2)C(=O)N2CCC([NH+]3CCCCC3C(=O)O)CC2C(=O)O)cc(C)c1O. The number of nitrogens with one attached hydrogen (secondary N) is 2. The summed E-state index contributed by atoms with van der Waals surface area (Å²) in [6.07, 6.45) is 2.43. The largest absolute Gasteiger partial charge is 0.507 e. The normalized spacial score (nSPS) is 24.7. The van der Waals surface area contributed by atoms with Crippen LogP contribution in [0.1, 0.15) is 67.2 Å². The fourth-order valence-electron chi connectivity index (χ4n) is 8.64. The van der Waals surface area contributed by atoms with Gasteiger partial charge in [-0.15, -0.1) is 0 Å². The van der Waals surface area contributed by atoms with Gasteiger partial charge in [-0.05, 0) is 74.3 Å². The number of amides is 4. The number of phenolic OH excluding ortho intramolecular Hbond substituents is 1. The predicted molar refractivity (Wildman–Crippen MR) is 189 cm³/mol. The lowest BCUT2D eigenvalue weighted by atomic mass is 9.90. The lowest BCUT2D eigenvalue weighted by Crippen LogP contribution is -3.21. The van der Waals surface area contributed by atoms with E-state index < -0.39 is 42.1 Å². The molecule has 280 valence electrons. The Kier molecular flexibility index (Phi) is 11.2. The van der Waals surface area contributed by atoms with Crippen LogP contribution in [0.3, 0.4) is 0 Å². The Morgan fingerprint density at radius 3 is 2.35 bits per heavy atom. The number of hydrogen-bond donors (Lipinski definition) is 5. The van der Waals surface area contributed by atoms with E-state index in [1.165, 1.54) is 9.80 Å². The molecule has 3 fully saturated rings. The van der Waals surface area contributed by atoms with Gasteiger partial charge in [0.2, 0.25) is 0 Å². The molecule has 14 heteroatoms. The van der Waals surface area contributed by atoms with Crippen LogP contribution in [0.4, 0.5) is 15.3 Å². The van der Waals surface area contributed by atoms with Crippen molar-refractivity contribution in [1.29, 1.82) is 0 Å². The van der Waals surface area contributed by atoms with Gasteiger partial charge in [0, 0.05) is 63.6 Å². The minimum Gasteiger partial charge on any atom is -0.507 e. The average molecular weight is 721 g/mol. The molecule has 3 saturated heterocycles. The number of anilines is 1. The molecule has 4 unspecified atom stereocenters. The van der Waals surface area contributed by atoms with Gasteiger partial charge < -0.3 is 45.0 Å².